The van der Waals surface area contributed by atoms with E-state index in [0.717, 1.165) is 6.42 Å². The van der Waals surface area contributed by atoms with Gasteiger partial charge in [-0.2, -0.15) is 0 Å². The highest BCUT2D eigenvalue weighted by Crippen LogP contribution is 2.10. The minimum Gasteiger partial charge on any atom is -0.300 e. The second kappa shape index (κ2) is 10.7. The van der Waals surface area contributed by atoms with Crippen molar-refractivity contribution in [3.8, 4) is 0 Å². The first-order valence-electron chi connectivity index (χ1n) is 6.11. The summed E-state index contributed by atoms with van der Waals surface area (Å²) in [6, 6.07) is 0. The Morgan fingerprint density at radius 3 is 1.93 bits per heavy atom. The first-order valence-corrected chi connectivity index (χ1v) is 6.11. The third-order valence-corrected chi connectivity index (χ3v) is 2.49. The number of Topliss-reactive ketones (excluding diaryl/α,β-unsaturated/α-hetero) is 1. The number of carbonyl (C=O) groups is 1. The number of carbonyl (C=O) groups excluding carboxylic acids is 1. The van der Waals surface area contributed by atoms with Crippen molar-refractivity contribution in [2.75, 3.05) is 0 Å². The molecule has 1 radical (unpaired) electrons. The average Bonchev–Trinajstić information content (AvgIpc) is 2.15. The van der Waals surface area contributed by atoms with Gasteiger partial charge in [0.15, 0.2) is 0 Å². The highest BCUT2D eigenvalue weighted by molar-refractivity contribution is 5.84. The predicted molar refractivity (Wildman–Crippen MR) is 62.2 cm³/mol. The number of hydrogen-bond donors (Lipinski definition) is 0. The largest absolute Gasteiger partial charge is 0.300 e. The quantitative estimate of drug-likeness (QED) is 0.477. The van der Waals surface area contributed by atoms with E-state index in [1.54, 1.807) is 13.3 Å². The van der Waals surface area contributed by atoms with Gasteiger partial charge in [-0.05, 0) is 13.3 Å². The van der Waals surface area contributed by atoms with E-state index in [1.165, 1.54) is 51.4 Å². The summed E-state index contributed by atoms with van der Waals surface area (Å²) in [5, 5.41) is 0. The molecule has 0 aromatic heterocycles. The zero-order valence-corrected chi connectivity index (χ0v) is 9.85. The molecule has 0 rings (SSSR count). The Kier molecular flexibility index (Phi) is 10.5. The third-order valence-electron chi connectivity index (χ3n) is 2.49. The van der Waals surface area contributed by atoms with Crippen LogP contribution in [0.4, 0.5) is 0 Å². The summed E-state index contributed by atoms with van der Waals surface area (Å²) in [5.41, 5.74) is 0. The molecule has 0 bridgehead atoms. The van der Waals surface area contributed by atoms with E-state index in [2.05, 4.69) is 6.92 Å². The minimum absolute atomic E-state index is 0.216. The predicted octanol–water partition coefficient (Wildman–Crippen LogP) is 4.31. The van der Waals surface area contributed by atoms with Gasteiger partial charge >= 0.3 is 0 Å². The second-order valence-corrected chi connectivity index (χ2v) is 4.08. The second-order valence-electron chi connectivity index (χ2n) is 4.08. The molecular formula is C13H25O. The summed E-state index contributed by atoms with van der Waals surface area (Å²) in [5.74, 6) is 0.216. The molecule has 0 aliphatic carbocycles. The Labute approximate surface area is 89.3 Å². The maximum absolute atomic E-state index is 10.6. The molecule has 0 saturated heterocycles. The molecular weight excluding hydrogens is 172 g/mol. The van der Waals surface area contributed by atoms with E-state index < -0.39 is 0 Å². The van der Waals surface area contributed by atoms with E-state index in [9.17, 15) is 4.79 Å². The molecule has 0 aliphatic heterocycles. The van der Waals surface area contributed by atoms with Gasteiger partial charge in [0.1, 0.15) is 5.78 Å². The van der Waals surface area contributed by atoms with Crippen molar-refractivity contribution in [3.05, 3.63) is 6.42 Å². The molecule has 1 heteroatoms. The van der Waals surface area contributed by atoms with E-state index in [-0.39, 0.29) is 5.78 Å². The van der Waals surface area contributed by atoms with Crippen LogP contribution in [0.2, 0.25) is 0 Å². The van der Waals surface area contributed by atoms with E-state index in [4.69, 9.17) is 0 Å². The van der Waals surface area contributed by atoms with Crippen LogP contribution in [0.15, 0.2) is 0 Å². The van der Waals surface area contributed by atoms with Crippen molar-refractivity contribution in [1.82, 2.24) is 0 Å². The van der Waals surface area contributed by atoms with Gasteiger partial charge in [-0.15, -0.1) is 0 Å². The first kappa shape index (κ1) is 13.7. The summed E-state index contributed by atoms with van der Waals surface area (Å²) < 4.78 is 0. The van der Waals surface area contributed by atoms with Crippen LogP contribution in [-0.4, -0.2) is 5.78 Å². The Morgan fingerprint density at radius 2 is 1.43 bits per heavy atom. The Balaban J connectivity index is 2.88. The van der Waals surface area contributed by atoms with Gasteiger partial charge in [-0.1, -0.05) is 58.3 Å². The number of ketones is 1. The highest BCUT2D eigenvalue weighted by Gasteiger charge is 1.94. The summed E-state index contributed by atoms with van der Waals surface area (Å²) in [6.45, 7) is 3.88. The summed E-state index contributed by atoms with van der Waals surface area (Å²) in [6.07, 6.45) is 13.5. The number of hydrogen-bond acceptors (Lipinski definition) is 1. The fourth-order valence-electron chi connectivity index (χ4n) is 1.58. The van der Waals surface area contributed by atoms with Crippen molar-refractivity contribution in [1.29, 1.82) is 0 Å². The molecule has 0 unspecified atom stereocenters. The molecule has 0 heterocycles. The summed E-state index contributed by atoms with van der Waals surface area (Å²) >= 11 is 0. The van der Waals surface area contributed by atoms with Crippen molar-refractivity contribution in [2.45, 2.75) is 71.6 Å². The molecule has 83 valence electrons. The first-order chi connectivity index (χ1) is 6.77. The molecule has 1 nitrogen and oxygen atoms in total. The summed E-state index contributed by atoms with van der Waals surface area (Å²) in [4.78, 5) is 10.6. The topological polar surface area (TPSA) is 17.1 Å². The molecule has 0 atom stereocenters. The van der Waals surface area contributed by atoms with Crippen molar-refractivity contribution < 1.29 is 4.79 Å². The van der Waals surface area contributed by atoms with Crippen LogP contribution >= 0.6 is 0 Å². The minimum atomic E-state index is 0.216. The lowest BCUT2D eigenvalue weighted by molar-refractivity contribution is -0.114. The molecule has 0 aromatic carbocycles. The Hall–Kier alpha value is -0.330. The fourth-order valence-corrected chi connectivity index (χ4v) is 1.58. The molecule has 0 aromatic rings. The lowest BCUT2D eigenvalue weighted by Gasteiger charge is -2.00. The molecule has 14 heavy (non-hydrogen) atoms. The molecule has 0 saturated carbocycles. The highest BCUT2D eigenvalue weighted by atomic mass is 16.1. The molecule has 0 aliphatic rings. The van der Waals surface area contributed by atoms with Crippen LogP contribution in [0.3, 0.4) is 0 Å². The van der Waals surface area contributed by atoms with Gasteiger partial charge in [0.05, 0.1) is 0 Å². The van der Waals surface area contributed by atoms with Crippen LogP contribution < -0.4 is 0 Å². The van der Waals surface area contributed by atoms with Gasteiger partial charge in [-0.3, -0.25) is 4.79 Å². The van der Waals surface area contributed by atoms with Gasteiger partial charge in [-0.25, -0.2) is 0 Å². The smallest absolute Gasteiger partial charge is 0.133 e. The van der Waals surface area contributed by atoms with Crippen LogP contribution in [0.1, 0.15) is 71.6 Å². The zero-order chi connectivity index (χ0) is 10.6. The van der Waals surface area contributed by atoms with E-state index in [0.29, 0.717) is 0 Å². The normalized spacial score (nSPS) is 10.4. The number of rotatable bonds is 10. The van der Waals surface area contributed by atoms with Crippen molar-refractivity contribution >= 4 is 5.78 Å². The Morgan fingerprint density at radius 1 is 0.929 bits per heavy atom. The molecule has 0 fully saturated rings. The van der Waals surface area contributed by atoms with Crippen LogP contribution in [0.25, 0.3) is 0 Å². The van der Waals surface area contributed by atoms with Gasteiger partial charge in [0.25, 0.3) is 0 Å². The molecule has 0 spiro atoms. The zero-order valence-electron chi connectivity index (χ0n) is 9.85. The Bertz CT molecular complexity index is 129. The fraction of sp³-hybridized carbons (Fsp3) is 0.846. The standard InChI is InChI=1S/C13H25O/c1-3-4-5-6-7-8-9-10-11-12-13(2)14/h12H,3-11H2,1-2H3. The van der Waals surface area contributed by atoms with Gasteiger partial charge in [0, 0.05) is 6.42 Å². The van der Waals surface area contributed by atoms with Crippen LogP contribution in [0, 0.1) is 6.42 Å². The van der Waals surface area contributed by atoms with Crippen LogP contribution in [0.5, 0.6) is 0 Å². The monoisotopic (exact) mass is 197 g/mol. The van der Waals surface area contributed by atoms with Crippen LogP contribution in [-0.2, 0) is 4.79 Å². The van der Waals surface area contributed by atoms with E-state index in [1.807, 2.05) is 0 Å². The van der Waals surface area contributed by atoms with Gasteiger partial charge in [0.2, 0.25) is 0 Å². The maximum Gasteiger partial charge on any atom is 0.133 e. The average molecular weight is 197 g/mol. The lowest BCUT2D eigenvalue weighted by atomic mass is 10.1. The SMILES string of the molecule is CCCCCCCCCC[CH]C(C)=O. The van der Waals surface area contributed by atoms with Crippen molar-refractivity contribution in [3.63, 3.8) is 0 Å². The molecule has 0 amide bonds. The molecule has 0 N–H and O–H groups in total. The van der Waals surface area contributed by atoms with Gasteiger partial charge < -0.3 is 0 Å². The lowest BCUT2D eigenvalue weighted by Crippen LogP contribution is -1.90. The number of unbranched alkanes of at least 4 members (excludes halogenated alkanes) is 8. The summed E-state index contributed by atoms with van der Waals surface area (Å²) in [7, 11) is 0. The third kappa shape index (κ3) is 11.7. The maximum atomic E-state index is 10.6. The van der Waals surface area contributed by atoms with E-state index >= 15 is 0 Å². The van der Waals surface area contributed by atoms with Crippen molar-refractivity contribution in [2.24, 2.45) is 0 Å².